The van der Waals surface area contributed by atoms with Gasteiger partial charge in [-0.15, -0.1) is 0 Å². The molecule has 3 heterocycles. The van der Waals surface area contributed by atoms with Crippen molar-refractivity contribution in [2.75, 3.05) is 37.7 Å². The highest BCUT2D eigenvalue weighted by atomic mass is 16.5. The number of hydrogen-bond acceptors (Lipinski definition) is 5. The van der Waals surface area contributed by atoms with Crippen molar-refractivity contribution in [3.8, 4) is 0 Å². The molecule has 6 nitrogen and oxygen atoms in total. The summed E-state index contributed by atoms with van der Waals surface area (Å²) in [4.78, 5) is 22.0. The van der Waals surface area contributed by atoms with Crippen molar-refractivity contribution in [3.05, 3.63) is 46.7 Å². The first kappa shape index (κ1) is 20.0. The second-order valence-corrected chi connectivity index (χ2v) is 8.49. The predicted octanol–water partition coefficient (Wildman–Crippen LogP) is 3.61. The molecule has 1 amide bonds. The first-order valence-electron chi connectivity index (χ1n) is 10.7. The van der Waals surface area contributed by atoms with Crippen LogP contribution in [0.1, 0.15) is 53.5 Å². The Morgan fingerprint density at radius 3 is 2.72 bits per heavy atom. The Bertz CT molecular complexity index is 868. The zero-order chi connectivity index (χ0) is 20.4. The van der Waals surface area contributed by atoms with Gasteiger partial charge in [-0.05, 0) is 43.0 Å². The molecule has 0 unspecified atom stereocenters. The summed E-state index contributed by atoms with van der Waals surface area (Å²) < 4.78 is 11.4. The molecule has 2 aliphatic rings. The number of hydrogen-bond donors (Lipinski definition) is 0. The van der Waals surface area contributed by atoms with E-state index in [1.54, 1.807) is 0 Å². The third-order valence-electron chi connectivity index (χ3n) is 5.79. The van der Waals surface area contributed by atoms with Crippen LogP contribution in [0, 0.1) is 12.8 Å². The largest absolute Gasteiger partial charge is 0.445 e. The molecule has 1 aromatic carbocycles. The van der Waals surface area contributed by atoms with Crippen molar-refractivity contribution >= 4 is 11.6 Å². The van der Waals surface area contributed by atoms with E-state index in [2.05, 4.69) is 36.7 Å². The number of oxazole rings is 1. The number of carbonyl (C=O) groups is 1. The van der Waals surface area contributed by atoms with Crippen LogP contribution in [0.4, 0.5) is 5.69 Å². The molecule has 0 N–H and O–H groups in total. The van der Waals surface area contributed by atoms with E-state index in [1.165, 1.54) is 5.69 Å². The summed E-state index contributed by atoms with van der Waals surface area (Å²) in [6, 6.07) is 6.04. The van der Waals surface area contributed by atoms with Gasteiger partial charge >= 0.3 is 0 Å². The van der Waals surface area contributed by atoms with Crippen LogP contribution in [0.25, 0.3) is 0 Å². The highest BCUT2D eigenvalue weighted by Gasteiger charge is 2.26. The number of amides is 1. The number of carbonyl (C=O) groups excluding carboxylic acids is 1. The van der Waals surface area contributed by atoms with Crippen LogP contribution in [-0.2, 0) is 24.1 Å². The van der Waals surface area contributed by atoms with Gasteiger partial charge in [-0.25, -0.2) is 4.98 Å². The second kappa shape index (κ2) is 8.57. The molecule has 0 bridgehead atoms. The first-order valence-corrected chi connectivity index (χ1v) is 10.7. The summed E-state index contributed by atoms with van der Waals surface area (Å²) in [5, 5.41) is 0. The van der Waals surface area contributed by atoms with Crippen molar-refractivity contribution in [1.82, 2.24) is 9.88 Å². The van der Waals surface area contributed by atoms with Crippen molar-refractivity contribution in [1.29, 1.82) is 0 Å². The molecule has 2 aliphatic heterocycles. The molecule has 0 aliphatic carbocycles. The fourth-order valence-electron chi connectivity index (χ4n) is 4.07. The van der Waals surface area contributed by atoms with Gasteiger partial charge in [-0.3, -0.25) is 4.79 Å². The highest BCUT2D eigenvalue weighted by molar-refractivity contribution is 5.95. The summed E-state index contributed by atoms with van der Waals surface area (Å²) in [5.74, 6) is 2.45. The van der Waals surface area contributed by atoms with E-state index >= 15 is 0 Å². The van der Waals surface area contributed by atoms with Gasteiger partial charge in [0, 0.05) is 43.7 Å². The van der Waals surface area contributed by atoms with E-state index < -0.39 is 0 Å². The lowest BCUT2D eigenvalue weighted by molar-refractivity contribution is 0.0727. The molecule has 6 heteroatoms. The summed E-state index contributed by atoms with van der Waals surface area (Å²) in [6.45, 7) is 11.0. The Morgan fingerprint density at radius 2 is 2.00 bits per heavy atom. The van der Waals surface area contributed by atoms with Crippen molar-refractivity contribution in [2.45, 2.75) is 46.6 Å². The summed E-state index contributed by atoms with van der Waals surface area (Å²) in [5.41, 5.74) is 3.99. The number of aryl methyl sites for hydroxylation is 2. The number of fused-ring (bicyclic) bond motifs is 1. The number of ether oxygens (including phenoxy) is 1. The standard InChI is InChI=1S/C23H31N3O3/c1-16(2)4-7-22-24-19-15-26(9-8-21(19)29-22)23(27)18-5-6-20(17(3)14-18)25-10-12-28-13-11-25/h5-6,14,16H,4,7-13,15H2,1-3H3. The SMILES string of the molecule is Cc1cc(C(=O)N2CCc3oc(CCC(C)C)nc3C2)ccc1N1CCOCC1. The molecule has 1 saturated heterocycles. The molecule has 0 spiro atoms. The van der Waals surface area contributed by atoms with E-state index in [0.29, 0.717) is 19.0 Å². The van der Waals surface area contributed by atoms with Gasteiger partial charge in [0.05, 0.1) is 19.8 Å². The average molecular weight is 398 g/mol. The Morgan fingerprint density at radius 1 is 1.21 bits per heavy atom. The molecular formula is C23H31N3O3. The highest BCUT2D eigenvalue weighted by Crippen LogP contribution is 2.26. The Hall–Kier alpha value is -2.34. The molecule has 2 aromatic rings. The van der Waals surface area contributed by atoms with Gasteiger partial charge in [0.2, 0.25) is 0 Å². The molecule has 0 atom stereocenters. The second-order valence-electron chi connectivity index (χ2n) is 8.49. The van der Waals surface area contributed by atoms with Crippen molar-refractivity contribution in [3.63, 3.8) is 0 Å². The van der Waals surface area contributed by atoms with E-state index in [9.17, 15) is 4.79 Å². The topological polar surface area (TPSA) is 58.8 Å². The fourth-order valence-corrected chi connectivity index (χ4v) is 4.07. The van der Waals surface area contributed by atoms with Gasteiger partial charge < -0.3 is 19.0 Å². The maximum atomic E-state index is 13.1. The fraction of sp³-hybridized carbons (Fsp3) is 0.565. The van der Waals surface area contributed by atoms with E-state index in [-0.39, 0.29) is 5.91 Å². The minimum absolute atomic E-state index is 0.0685. The normalized spacial score (nSPS) is 17.0. The van der Waals surface area contributed by atoms with Gasteiger partial charge in [0.1, 0.15) is 11.5 Å². The summed E-state index contributed by atoms with van der Waals surface area (Å²) >= 11 is 0. The van der Waals surface area contributed by atoms with Crippen LogP contribution in [0.5, 0.6) is 0 Å². The van der Waals surface area contributed by atoms with Gasteiger partial charge in [-0.1, -0.05) is 13.8 Å². The maximum absolute atomic E-state index is 13.1. The molecule has 156 valence electrons. The van der Waals surface area contributed by atoms with Crippen LogP contribution in [-0.4, -0.2) is 48.6 Å². The number of nitrogens with zero attached hydrogens (tertiary/aromatic N) is 3. The minimum atomic E-state index is 0.0685. The van der Waals surface area contributed by atoms with Crippen LogP contribution < -0.4 is 4.90 Å². The van der Waals surface area contributed by atoms with Crippen molar-refractivity contribution in [2.24, 2.45) is 5.92 Å². The molecule has 4 rings (SSSR count). The number of morpholine rings is 1. The van der Waals surface area contributed by atoms with Gasteiger partial charge in [0.25, 0.3) is 5.91 Å². The number of benzene rings is 1. The van der Waals surface area contributed by atoms with Crippen molar-refractivity contribution < 1.29 is 13.9 Å². The molecule has 0 saturated carbocycles. The molecule has 1 aromatic heterocycles. The molecule has 0 radical (unpaired) electrons. The Labute approximate surface area is 172 Å². The molecule has 29 heavy (non-hydrogen) atoms. The lowest BCUT2D eigenvalue weighted by atomic mass is 10.1. The summed E-state index contributed by atoms with van der Waals surface area (Å²) in [6.07, 6.45) is 2.66. The lowest BCUT2D eigenvalue weighted by Crippen LogP contribution is -2.37. The third-order valence-corrected chi connectivity index (χ3v) is 5.79. The predicted molar refractivity (Wildman–Crippen MR) is 112 cm³/mol. The van der Waals surface area contributed by atoms with Gasteiger partial charge in [-0.2, -0.15) is 0 Å². The van der Waals surface area contributed by atoms with E-state index in [4.69, 9.17) is 9.15 Å². The Balaban J connectivity index is 1.44. The smallest absolute Gasteiger partial charge is 0.254 e. The zero-order valence-corrected chi connectivity index (χ0v) is 17.7. The number of anilines is 1. The minimum Gasteiger partial charge on any atom is -0.445 e. The molecule has 1 fully saturated rings. The average Bonchev–Trinajstić information content (AvgIpc) is 3.14. The number of rotatable bonds is 5. The molecular weight excluding hydrogens is 366 g/mol. The number of aromatic nitrogens is 1. The monoisotopic (exact) mass is 397 g/mol. The zero-order valence-electron chi connectivity index (χ0n) is 17.7. The Kier molecular flexibility index (Phi) is 5.90. The van der Waals surface area contributed by atoms with Crippen LogP contribution in [0.3, 0.4) is 0 Å². The summed E-state index contributed by atoms with van der Waals surface area (Å²) in [7, 11) is 0. The van der Waals surface area contributed by atoms with Crippen LogP contribution >= 0.6 is 0 Å². The van der Waals surface area contributed by atoms with E-state index in [1.807, 2.05) is 17.0 Å². The third kappa shape index (κ3) is 4.47. The first-order chi connectivity index (χ1) is 14.0. The van der Waals surface area contributed by atoms with E-state index in [0.717, 1.165) is 74.0 Å². The van der Waals surface area contributed by atoms with Crippen LogP contribution in [0.15, 0.2) is 22.6 Å². The lowest BCUT2D eigenvalue weighted by Gasteiger charge is -2.30. The van der Waals surface area contributed by atoms with Crippen LogP contribution in [0.2, 0.25) is 0 Å². The van der Waals surface area contributed by atoms with Gasteiger partial charge in [0.15, 0.2) is 5.89 Å². The maximum Gasteiger partial charge on any atom is 0.254 e. The quantitative estimate of drug-likeness (QED) is 0.771.